The van der Waals surface area contributed by atoms with E-state index in [2.05, 4.69) is 0 Å². The van der Waals surface area contributed by atoms with Gasteiger partial charge >= 0.3 is 5.97 Å². The highest BCUT2D eigenvalue weighted by atomic mass is 16.5. The summed E-state index contributed by atoms with van der Waals surface area (Å²) >= 11 is 0. The first kappa shape index (κ1) is 11.9. The standard InChI is InChI=1S/C11H11NO4/c1-6(11(14)15)7-3-8(5-12)10(13)9(4-7)16-2/h3-4,6,13H,1-2H3,(H,14,15). The molecule has 5 heteroatoms. The van der Waals surface area contributed by atoms with E-state index in [1.807, 2.05) is 0 Å². The number of nitrogens with zero attached hydrogens (tertiary/aromatic N) is 1. The molecule has 0 bridgehead atoms. The molecule has 1 unspecified atom stereocenters. The van der Waals surface area contributed by atoms with Crippen LogP contribution in [-0.4, -0.2) is 23.3 Å². The van der Waals surface area contributed by atoms with Crippen molar-refractivity contribution in [2.45, 2.75) is 12.8 Å². The largest absolute Gasteiger partial charge is 0.503 e. The molecule has 0 aliphatic carbocycles. The summed E-state index contributed by atoms with van der Waals surface area (Å²) in [4.78, 5) is 10.8. The minimum atomic E-state index is -1.00. The second-order valence-corrected chi connectivity index (χ2v) is 3.29. The van der Waals surface area contributed by atoms with Gasteiger partial charge in [-0.25, -0.2) is 0 Å². The number of methoxy groups -OCH3 is 1. The van der Waals surface area contributed by atoms with E-state index >= 15 is 0 Å². The van der Waals surface area contributed by atoms with Crippen LogP contribution < -0.4 is 4.74 Å². The fraction of sp³-hybridized carbons (Fsp3) is 0.273. The highest BCUT2D eigenvalue weighted by Crippen LogP contribution is 2.33. The van der Waals surface area contributed by atoms with Gasteiger partial charge in [-0.05, 0) is 24.6 Å². The molecule has 0 radical (unpaired) electrons. The second kappa shape index (κ2) is 4.53. The second-order valence-electron chi connectivity index (χ2n) is 3.29. The van der Waals surface area contributed by atoms with Crippen LogP contribution in [0.25, 0.3) is 0 Å². The molecule has 0 heterocycles. The fourth-order valence-electron chi connectivity index (χ4n) is 1.26. The fourth-order valence-corrected chi connectivity index (χ4v) is 1.26. The Hall–Kier alpha value is -2.22. The molecule has 0 spiro atoms. The van der Waals surface area contributed by atoms with Crippen molar-refractivity contribution in [2.24, 2.45) is 0 Å². The maximum Gasteiger partial charge on any atom is 0.310 e. The van der Waals surface area contributed by atoms with Crippen LogP contribution in [0.5, 0.6) is 11.5 Å². The number of aliphatic carboxylic acids is 1. The van der Waals surface area contributed by atoms with Gasteiger partial charge in [-0.3, -0.25) is 4.79 Å². The smallest absolute Gasteiger partial charge is 0.310 e. The van der Waals surface area contributed by atoms with E-state index in [1.54, 1.807) is 6.07 Å². The van der Waals surface area contributed by atoms with Crippen molar-refractivity contribution in [1.82, 2.24) is 0 Å². The van der Waals surface area contributed by atoms with Crippen LogP contribution in [0.4, 0.5) is 0 Å². The Morgan fingerprint density at radius 1 is 1.56 bits per heavy atom. The first-order valence-corrected chi connectivity index (χ1v) is 4.55. The minimum Gasteiger partial charge on any atom is -0.503 e. The van der Waals surface area contributed by atoms with Gasteiger partial charge in [0.15, 0.2) is 11.5 Å². The maximum absolute atomic E-state index is 10.8. The van der Waals surface area contributed by atoms with Crippen molar-refractivity contribution in [2.75, 3.05) is 7.11 Å². The molecule has 0 saturated carbocycles. The van der Waals surface area contributed by atoms with Crippen LogP contribution in [0, 0.1) is 11.3 Å². The molecule has 0 fully saturated rings. The van der Waals surface area contributed by atoms with E-state index in [9.17, 15) is 9.90 Å². The summed E-state index contributed by atoms with van der Waals surface area (Å²) in [6.07, 6.45) is 0. The summed E-state index contributed by atoms with van der Waals surface area (Å²) in [6.45, 7) is 1.50. The molecule has 1 aromatic rings. The molecule has 5 nitrogen and oxygen atoms in total. The highest BCUT2D eigenvalue weighted by molar-refractivity contribution is 5.76. The van der Waals surface area contributed by atoms with Gasteiger partial charge in [-0.1, -0.05) is 0 Å². The molecule has 1 atom stereocenters. The normalized spacial score (nSPS) is 11.6. The van der Waals surface area contributed by atoms with Gasteiger partial charge in [0.2, 0.25) is 0 Å². The summed E-state index contributed by atoms with van der Waals surface area (Å²) in [5.41, 5.74) is 0.418. The zero-order valence-electron chi connectivity index (χ0n) is 8.89. The summed E-state index contributed by atoms with van der Waals surface area (Å²) in [5.74, 6) is -1.94. The average molecular weight is 221 g/mol. The Bertz CT molecular complexity index is 462. The Morgan fingerprint density at radius 2 is 2.19 bits per heavy atom. The third-order valence-corrected chi connectivity index (χ3v) is 2.31. The number of nitriles is 1. The van der Waals surface area contributed by atoms with E-state index in [0.717, 1.165) is 0 Å². The first-order valence-electron chi connectivity index (χ1n) is 4.55. The lowest BCUT2D eigenvalue weighted by Crippen LogP contribution is -2.08. The lowest BCUT2D eigenvalue weighted by Gasteiger charge is -2.11. The minimum absolute atomic E-state index is 0.00227. The van der Waals surface area contributed by atoms with Gasteiger partial charge in [-0.15, -0.1) is 0 Å². The number of aromatic hydroxyl groups is 1. The average Bonchev–Trinajstić information content (AvgIpc) is 2.28. The third kappa shape index (κ3) is 2.06. The first-order chi connectivity index (χ1) is 7.51. The van der Waals surface area contributed by atoms with Gasteiger partial charge in [0.05, 0.1) is 18.6 Å². The third-order valence-electron chi connectivity index (χ3n) is 2.31. The van der Waals surface area contributed by atoms with Crippen LogP contribution in [-0.2, 0) is 4.79 Å². The Labute approximate surface area is 92.5 Å². The lowest BCUT2D eigenvalue weighted by atomic mass is 9.98. The topological polar surface area (TPSA) is 90.5 Å². The maximum atomic E-state index is 10.8. The van der Waals surface area contributed by atoms with Crippen molar-refractivity contribution >= 4 is 5.97 Å². The number of rotatable bonds is 3. The molecule has 84 valence electrons. The Morgan fingerprint density at radius 3 is 2.62 bits per heavy atom. The van der Waals surface area contributed by atoms with Crippen molar-refractivity contribution in [3.8, 4) is 17.6 Å². The summed E-state index contributed by atoms with van der Waals surface area (Å²) < 4.78 is 4.86. The number of carboxylic acids is 1. The zero-order valence-corrected chi connectivity index (χ0v) is 8.89. The van der Waals surface area contributed by atoms with E-state index in [4.69, 9.17) is 15.1 Å². The van der Waals surface area contributed by atoms with Gasteiger partial charge in [-0.2, -0.15) is 5.26 Å². The SMILES string of the molecule is COc1cc(C(C)C(=O)O)cc(C#N)c1O. The van der Waals surface area contributed by atoms with Crippen LogP contribution in [0.3, 0.4) is 0 Å². The molecule has 0 aliphatic rings. The molecule has 0 aliphatic heterocycles. The van der Waals surface area contributed by atoms with Crippen molar-refractivity contribution in [3.63, 3.8) is 0 Å². The number of ether oxygens (including phenoxy) is 1. The number of benzene rings is 1. The molecule has 1 rings (SSSR count). The number of phenolic OH excluding ortho intramolecular Hbond substituents is 1. The molecule has 2 N–H and O–H groups in total. The molecule has 16 heavy (non-hydrogen) atoms. The van der Waals surface area contributed by atoms with Crippen LogP contribution in [0.2, 0.25) is 0 Å². The molecule has 0 saturated heterocycles. The quantitative estimate of drug-likeness (QED) is 0.806. The van der Waals surface area contributed by atoms with Gasteiger partial charge in [0.1, 0.15) is 6.07 Å². The molecular weight excluding hydrogens is 210 g/mol. The summed E-state index contributed by atoms with van der Waals surface area (Å²) in [7, 11) is 1.34. The van der Waals surface area contributed by atoms with Crippen LogP contribution in [0.15, 0.2) is 12.1 Å². The van der Waals surface area contributed by atoms with Gasteiger partial charge in [0.25, 0.3) is 0 Å². The number of hydrogen-bond acceptors (Lipinski definition) is 4. The molecule has 0 amide bonds. The molecule has 1 aromatic carbocycles. The van der Waals surface area contributed by atoms with E-state index in [0.29, 0.717) is 5.56 Å². The Kier molecular flexibility index (Phi) is 3.36. The number of phenols is 1. The number of carboxylic acid groups (broad SMARTS) is 1. The lowest BCUT2D eigenvalue weighted by molar-refractivity contribution is -0.138. The van der Waals surface area contributed by atoms with Crippen molar-refractivity contribution in [1.29, 1.82) is 5.26 Å². The number of hydrogen-bond donors (Lipinski definition) is 2. The van der Waals surface area contributed by atoms with E-state index in [1.165, 1.54) is 26.2 Å². The highest BCUT2D eigenvalue weighted by Gasteiger charge is 2.18. The van der Waals surface area contributed by atoms with Crippen molar-refractivity contribution < 1.29 is 19.7 Å². The van der Waals surface area contributed by atoms with Gasteiger partial charge in [0, 0.05) is 0 Å². The molecular formula is C11H11NO4. The zero-order chi connectivity index (χ0) is 12.3. The van der Waals surface area contributed by atoms with Gasteiger partial charge < -0.3 is 14.9 Å². The van der Waals surface area contributed by atoms with Crippen molar-refractivity contribution in [3.05, 3.63) is 23.3 Å². The predicted molar refractivity (Wildman–Crippen MR) is 55.4 cm³/mol. The van der Waals surface area contributed by atoms with E-state index < -0.39 is 11.9 Å². The molecule has 0 aromatic heterocycles. The number of carbonyl (C=O) groups is 1. The van der Waals surface area contributed by atoms with E-state index in [-0.39, 0.29) is 17.1 Å². The monoisotopic (exact) mass is 221 g/mol. The van der Waals surface area contributed by atoms with Crippen LogP contribution >= 0.6 is 0 Å². The summed E-state index contributed by atoms with van der Waals surface area (Å²) in [5, 5.41) is 27.2. The Balaban J connectivity index is 3.34. The summed E-state index contributed by atoms with van der Waals surface area (Å²) in [6, 6.07) is 4.54. The predicted octanol–water partition coefficient (Wildman–Crippen LogP) is 1.46. The van der Waals surface area contributed by atoms with Crippen LogP contribution in [0.1, 0.15) is 24.0 Å².